The van der Waals surface area contributed by atoms with Gasteiger partial charge in [-0.3, -0.25) is 4.55 Å². The standard InChI is InChI=1S/C11H9N3O4S2/c12-11(19)14-13-9-4-2-6-1-3-7(20(16,17)18)5-8(6)10(9)15/h1-5,15H,(H2,12,19)(H,16,17,18). The summed E-state index contributed by atoms with van der Waals surface area (Å²) >= 11 is 4.53. The fraction of sp³-hybridized carbons (Fsp3) is 0. The molecule has 0 amide bonds. The number of hydrogen-bond donors (Lipinski definition) is 3. The molecule has 2 aromatic rings. The molecule has 0 radical (unpaired) electrons. The smallest absolute Gasteiger partial charge is 0.294 e. The van der Waals surface area contributed by atoms with E-state index in [1.165, 1.54) is 18.2 Å². The van der Waals surface area contributed by atoms with Crippen LogP contribution in [0.1, 0.15) is 0 Å². The Labute approximate surface area is 119 Å². The quantitative estimate of drug-likeness (QED) is 0.443. The number of rotatable bonds is 2. The second kappa shape index (κ2) is 5.12. The van der Waals surface area contributed by atoms with E-state index in [2.05, 4.69) is 22.4 Å². The summed E-state index contributed by atoms with van der Waals surface area (Å²) in [5.74, 6) is -0.284. The Kier molecular flexibility index (Phi) is 3.66. The highest BCUT2D eigenvalue weighted by Gasteiger charge is 2.13. The number of benzene rings is 2. The van der Waals surface area contributed by atoms with Crippen LogP contribution in [0.15, 0.2) is 45.5 Å². The van der Waals surface area contributed by atoms with Gasteiger partial charge in [-0.25, -0.2) is 0 Å². The number of fused-ring (bicyclic) bond motifs is 1. The van der Waals surface area contributed by atoms with Gasteiger partial charge >= 0.3 is 0 Å². The Hall–Kier alpha value is -2.10. The van der Waals surface area contributed by atoms with Gasteiger partial charge in [-0.1, -0.05) is 12.1 Å². The van der Waals surface area contributed by atoms with Crippen LogP contribution in [0.3, 0.4) is 0 Å². The van der Waals surface area contributed by atoms with E-state index >= 15 is 0 Å². The largest absolute Gasteiger partial charge is 0.505 e. The molecule has 104 valence electrons. The number of phenols is 1. The second-order valence-electron chi connectivity index (χ2n) is 3.83. The van der Waals surface area contributed by atoms with E-state index in [9.17, 15) is 13.5 Å². The topological polar surface area (TPSA) is 125 Å². The molecule has 0 bridgehead atoms. The Morgan fingerprint density at radius 3 is 2.50 bits per heavy atom. The highest BCUT2D eigenvalue weighted by atomic mass is 32.2. The van der Waals surface area contributed by atoms with Crippen LogP contribution < -0.4 is 5.73 Å². The van der Waals surface area contributed by atoms with Gasteiger partial charge in [0.1, 0.15) is 5.69 Å². The summed E-state index contributed by atoms with van der Waals surface area (Å²) in [6, 6.07) is 6.91. The van der Waals surface area contributed by atoms with Crippen molar-refractivity contribution in [3.8, 4) is 5.75 Å². The third-order valence-corrected chi connectivity index (χ3v) is 3.43. The Morgan fingerprint density at radius 1 is 1.25 bits per heavy atom. The SMILES string of the molecule is NC(=S)N=Nc1ccc2ccc(S(=O)(=O)O)cc2c1O. The molecule has 0 saturated heterocycles. The van der Waals surface area contributed by atoms with E-state index in [0.29, 0.717) is 5.39 Å². The van der Waals surface area contributed by atoms with Gasteiger partial charge in [0.05, 0.1) is 4.90 Å². The van der Waals surface area contributed by atoms with Crippen molar-refractivity contribution in [3.63, 3.8) is 0 Å². The maximum absolute atomic E-state index is 11.1. The van der Waals surface area contributed by atoms with Crippen LogP contribution in [0.4, 0.5) is 5.69 Å². The maximum Gasteiger partial charge on any atom is 0.294 e. The van der Waals surface area contributed by atoms with E-state index in [-0.39, 0.29) is 26.8 Å². The van der Waals surface area contributed by atoms with Gasteiger partial charge in [0.2, 0.25) is 5.11 Å². The monoisotopic (exact) mass is 311 g/mol. The van der Waals surface area contributed by atoms with E-state index in [1.807, 2.05) is 0 Å². The normalized spacial score (nSPS) is 12.1. The molecule has 0 aromatic heterocycles. The van der Waals surface area contributed by atoms with Crippen molar-refractivity contribution in [2.45, 2.75) is 4.90 Å². The maximum atomic E-state index is 11.1. The minimum atomic E-state index is -4.36. The molecule has 0 spiro atoms. The average Bonchev–Trinajstić information content (AvgIpc) is 2.36. The van der Waals surface area contributed by atoms with Crippen molar-refractivity contribution in [3.05, 3.63) is 30.3 Å². The summed E-state index contributed by atoms with van der Waals surface area (Å²) in [5, 5.41) is 17.7. The van der Waals surface area contributed by atoms with Gasteiger partial charge in [0.15, 0.2) is 5.75 Å². The number of thiocarbonyl (C=S) groups is 1. The zero-order chi connectivity index (χ0) is 14.9. The predicted octanol–water partition coefficient (Wildman–Crippen LogP) is 2.12. The predicted molar refractivity (Wildman–Crippen MR) is 76.7 cm³/mol. The fourth-order valence-corrected chi connectivity index (χ4v) is 2.16. The van der Waals surface area contributed by atoms with Crippen LogP contribution in [0.2, 0.25) is 0 Å². The minimum Gasteiger partial charge on any atom is -0.505 e. The Bertz CT molecular complexity index is 831. The molecule has 0 heterocycles. The third kappa shape index (κ3) is 2.90. The van der Waals surface area contributed by atoms with Crippen LogP contribution in [0.25, 0.3) is 10.8 Å². The number of azo groups is 1. The molecule has 2 rings (SSSR count). The minimum absolute atomic E-state index is 0.0813. The lowest BCUT2D eigenvalue weighted by Crippen LogP contribution is -2.01. The summed E-state index contributed by atoms with van der Waals surface area (Å²) in [4.78, 5) is -0.330. The summed E-state index contributed by atoms with van der Waals surface area (Å²) in [6.45, 7) is 0. The van der Waals surface area contributed by atoms with E-state index in [0.717, 1.165) is 6.07 Å². The lowest BCUT2D eigenvalue weighted by Gasteiger charge is -2.05. The van der Waals surface area contributed by atoms with Crippen molar-refractivity contribution in [2.75, 3.05) is 0 Å². The molecule has 0 unspecified atom stereocenters. The van der Waals surface area contributed by atoms with Crippen LogP contribution in [-0.2, 0) is 10.1 Å². The highest BCUT2D eigenvalue weighted by Crippen LogP contribution is 2.35. The molecule has 0 atom stereocenters. The first-order valence-corrected chi connectivity index (χ1v) is 7.08. The van der Waals surface area contributed by atoms with Crippen molar-refractivity contribution < 1.29 is 18.1 Å². The molecule has 0 aliphatic rings. The molecule has 0 fully saturated rings. The number of aromatic hydroxyl groups is 1. The summed E-state index contributed by atoms with van der Waals surface area (Å²) < 4.78 is 31.2. The highest BCUT2D eigenvalue weighted by molar-refractivity contribution is 7.85. The molecular weight excluding hydrogens is 302 g/mol. The van der Waals surface area contributed by atoms with Crippen LogP contribution in [0, 0.1) is 0 Å². The van der Waals surface area contributed by atoms with Crippen molar-refractivity contribution in [2.24, 2.45) is 16.0 Å². The van der Waals surface area contributed by atoms with Gasteiger partial charge < -0.3 is 10.8 Å². The molecule has 20 heavy (non-hydrogen) atoms. The van der Waals surface area contributed by atoms with Crippen LogP contribution in [-0.4, -0.2) is 23.2 Å². The zero-order valence-corrected chi connectivity index (χ0v) is 11.5. The van der Waals surface area contributed by atoms with E-state index in [4.69, 9.17) is 10.3 Å². The molecule has 0 aliphatic carbocycles. The number of nitrogens with zero attached hydrogens (tertiary/aromatic N) is 2. The first kappa shape index (κ1) is 14.3. The number of phenolic OH excluding ortho intramolecular Hbond substituents is 1. The van der Waals surface area contributed by atoms with Crippen molar-refractivity contribution in [1.29, 1.82) is 0 Å². The molecule has 0 aliphatic heterocycles. The first-order valence-electron chi connectivity index (χ1n) is 5.23. The lowest BCUT2D eigenvalue weighted by molar-refractivity contribution is 0.481. The molecular formula is C11H9N3O4S2. The van der Waals surface area contributed by atoms with Gasteiger partial charge in [-0.2, -0.15) is 8.42 Å². The van der Waals surface area contributed by atoms with Crippen LogP contribution in [0.5, 0.6) is 5.75 Å². The van der Waals surface area contributed by atoms with Gasteiger partial charge in [0.25, 0.3) is 10.1 Å². The lowest BCUT2D eigenvalue weighted by atomic mass is 10.1. The van der Waals surface area contributed by atoms with E-state index in [1.54, 1.807) is 6.07 Å². The summed E-state index contributed by atoms with van der Waals surface area (Å²) in [5.41, 5.74) is 5.24. The summed E-state index contributed by atoms with van der Waals surface area (Å²) in [6.07, 6.45) is 0. The number of hydrogen-bond acceptors (Lipinski definition) is 5. The molecule has 4 N–H and O–H groups in total. The second-order valence-corrected chi connectivity index (χ2v) is 5.67. The third-order valence-electron chi connectivity index (χ3n) is 2.50. The van der Waals surface area contributed by atoms with Crippen LogP contribution >= 0.6 is 12.2 Å². The van der Waals surface area contributed by atoms with Gasteiger partial charge in [0, 0.05) is 5.39 Å². The van der Waals surface area contributed by atoms with E-state index < -0.39 is 10.1 Å². The average molecular weight is 311 g/mol. The van der Waals surface area contributed by atoms with Crippen molar-refractivity contribution >= 4 is 43.9 Å². The molecule has 7 nitrogen and oxygen atoms in total. The van der Waals surface area contributed by atoms with Gasteiger partial charge in [-0.05, 0) is 35.8 Å². The molecule has 9 heteroatoms. The Balaban J connectivity index is 2.67. The fourth-order valence-electron chi connectivity index (χ4n) is 1.62. The first-order chi connectivity index (χ1) is 9.29. The summed E-state index contributed by atoms with van der Waals surface area (Å²) in [7, 11) is -4.36. The van der Waals surface area contributed by atoms with Crippen molar-refractivity contribution in [1.82, 2.24) is 0 Å². The Morgan fingerprint density at radius 2 is 1.90 bits per heavy atom. The van der Waals surface area contributed by atoms with Gasteiger partial charge in [-0.15, -0.1) is 10.2 Å². The molecule has 0 saturated carbocycles. The number of nitrogens with two attached hydrogens (primary N) is 1. The zero-order valence-electron chi connectivity index (χ0n) is 9.89. The molecule has 2 aromatic carbocycles.